The first-order valence-electron chi connectivity index (χ1n) is 2.85. The smallest absolute Gasteiger partial charge is 0.239 e. The van der Waals surface area contributed by atoms with E-state index in [0.29, 0.717) is 5.75 Å². The number of hydrogen-bond donors (Lipinski definition) is 0. The maximum absolute atomic E-state index is 10.9. The highest BCUT2D eigenvalue weighted by Gasteiger charge is 2.30. The number of thioether (sulfide) groups is 1. The van der Waals surface area contributed by atoms with Crippen LogP contribution < -0.4 is 0 Å². The Balaban J connectivity index is 2.29. The van der Waals surface area contributed by atoms with Crippen LogP contribution in [0.4, 0.5) is 0 Å². The Kier molecular flexibility index (Phi) is 1.02. The van der Waals surface area contributed by atoms with E-state index in [0.717, 1.165) is 18.3 Å². The van der Waals surface area contributed by atoms with Crippen LogP contribution in [0.3, 0.4) is 0 Å². The number of nitrogens with zero attached hydrogens (tertiary/aromatic N) is 2. The van der Waals surface area contributed by atoms with E-state index in [1.165, 1.54) is 0 Å². The highest BCUT2D eigenvalue weighted by Crippen LogP contribution is 2.21. The predicted octanol–water partition coefficient (Wildman–Crippen LogP) is -0.0686. The summed E-state index contributed by atoms with van der Waals surface area (Å²) < 4.78 is 0. The van der Waals surface area contributed by atoms with Crippen LogP contribution in [0.1, 0.15) is 0 Å². The topological polar surface area (TPSA) is 32.7 Å². The fourth-order valence-corrected chi connectivity index (χ4v) is 1.93. The first-order chi connectivity index (χ1) is 4.38. The summed E-state index contributed by atoms with van der Waals surface area (Å²) in [6, 6.07) is 0. The zero-order valence-corrected chi connectivity index (χ0v) is 5.65. The number of carbonyl (C=O) groups is 1. The quantitative estimate of drug-likeness (QED) is 0.474. The molecule has 0 N–H and O–H groups in total. The maximum Gasteiger partial charge on any atom is 0.239 e. The number of carbonyl (C=O) groups excluding carboxylic acids is 1. The fourth-order valence-electron chi connectivity index (χ4n) is 0.986. The van der Waals surface area contributed by atoms with Crippen LogP contribution in [0.5, 0.6) is 0 Å². The van der Waals surface area contributed by atoms with Crippen molar-refractivity contribution in [2.45, 2.75) is 0 Å². The molecule has 2 aliphatic heterocycles. The van der Waals surface area contributed by atoms with Gasteiger partial charge in [-0.1, -0.05) is 11.8 Å². The summed E-state index contributed by atoms with van der Waals surface area (Å²) in [5.74, 6) is 0.815. The minimum Gasteiger partial charge on any atom is -0.289 e. The highest BCUT2D eigenvalue weighted by atomic mass is 32.2. The number of amidine groups is 1. The molecule has 0 spiro atoms. The van der Waals surface area contributed by atoms with Crippen molar-refractivity contribution in [1.82, 2.24) is 4.90 Å². The number of amides is 1. The molecular formula is C5H6N2OS. The largest absolute Gasteiger partial charge is 0.289 e. The fraction of sp³-hybridized carbons (Fsp3) is 0.600. The van der Waals surface area contributed by atoms with Crippen LogP contribution in [-0.2, 0) is 4.79 Å². The molecule has 4 heteroatoms. The molecule has 0 unspecified atom stereocenters. The Labute approximate surface area is 57.1 Å². The number of aliphatic imine (C=N–C) groups is 1. The Hall–Kier alpha value is -0.510. The number of fused-ring (bicyclic) bond motifs is 1. The van der Waals surface area contributed by atoms with Gasteiger partial charge in [-0.05, 0) is 0 Å². The second kappa shape index (κ2) is 1.73. The van der Waals surface area contributed by atoms with Gasteiger partial charge in [0, 0.05) is 6.54 Å². The SMILES string of the molecule is O=C1CSC2=NCCN12. The van der Waals surface area contributed by atoms with Crippen molar-refractivity contribution >= 4 is 22.8 Å². The first kappa shape index (κ1) is 5.29. The third-order valence-corrected chi connectivity index (χ3v) is 2.43. The molecule has 0 aromatic rings. The molecule has 1 fully saturated rings. The van der Waals surface area contributed by atoms with E-state index >= 15 is 0 Å². The summed E-state index contributed by atoms with van der Waals surface area (Å²) in [4.78, 5) is 16.8. The van der Waals surface area contributed by atoms with Gasteiger partial charge in [0.2, 0.25) is 5.91 Å². The molecule has 9 heavy (non-hydrogen) atoms. The van der Waals surface area contributed by atoms with Crippen LogP contribution in [-0.4, -0.2) is 34.8 Å². The van der Waals surface area contributed by atoms with Crippen LogP contribution in [0.25, 0.3) is 0 Å². The van der Waals surface area contributed by atoms with Gasteiger partial charge in [-0.25, -0.2) is 0 Å². The molecule has 0 aromatic carbocycles. The zero-order chi connectivity index (χ0) is 6.27. The van der Waals surface area contributed by atoms with Gasteiger partial charge < -0.3 is 0 Å². The van der Waals surface area contributed by atoms with Gasteiger partial charge in [0.15, 0.2) is 5.17 Å². The van der Waals surface area contributed by atoms with Crippen molar-refractivity contribution in [1.29, 1.82) is 0 Å². The van der Waals surface area contributed by atoms with Crippen LogP contribution >= 0.6 is 11.8 Å². The summed E-state index contributed by atoms with van der Waals surface area (Å²) in [5, 5.41) is 0.931. The molecule has 1 saturated heterocycles. The molecule has 0 radical (unpaired) electrons. The van der Waals surface area contributed by atoms with E-state index in [-0.39, 0.29) is 5.91 Å². The second-order valence-electron chi connectivity index (χ2n) is 2.00. The molecule has 48 valence electrons. The summed E-state index contributed by atoms with van der Waals surface area (Å²) in [5.41, 5.74) is 0. The number of hydrogen-bond acceptors (Lipinski definition) is 3. The van der Waals surface area contributed by atoms with E-state index in [2.05, 4.69) is 4.99 Å². The molecule has 2 aliphatic rings. The molecule has 0 aliphatic carbocycles. The normalized spacial score (nSPS) is 24.7. The molecule has 0 saturated carbocycles. The van der Waals surface area contributed by atoms with E-state index in [9.17, 15) is 4.79 Å². The summed E-state index contributed by atoms with van der Waals surface area (Å²) in [6.07, 6.45) is 0. The van der Waals surface area contributed by atoms with Crippen molar-refractivity contribution in [3.05, 3.63) is 0 Å². The van der Waals surface area contributed by atoms with Gasteiger partial charge in [0.05, 0.1) is 12.3 Å². The molecule has 0 aromatic heterocycles. The van der Waals surface area contributed by atoms with Gasteiger partial charge in [0.25, 0.3) is 0 Å². The molecule has 3 nitrogen and oxygen atoms in total. The molecule has 2 rings (SSSR count). The van der Waals surface area contributed by atoms with Crippen molar-refractivity contribution in [3.63, 3.8) is 0 Å². The van der Waals surface area contributed by atoms with Crippen LogP contribution in [0, 0.1) is 0 Å². The average Bonchev–Trinajstić information content (AvgIpc) is 2.35. The third kappa shape index (κ3) is 0.660. The van der Waals surface area contributed by atoms with Crippen molar-refractivity contribution in [2.24, 2.45) is 4.99 Å². The van der Waals surface area contributed by atoms with Crippen molar-refractivity contribution in [3.8, 4) is 0 Å². The lowest BCUT2D eigenvalue weighted by Gasteiger charge is -2.04. The first-order valence-corrected chi connectivity index (χ1v) is 3.84. The molecule has 1 amide bonds. The van der Waals surface area contributed by atoms with Gasteiger partial charge in [0.1, 0.15) is 0 Å². The Bertz CT molecular complexity index is 189. The molecule has 0 bridgehead atoms. The summed E-state index contributed by atoms with van der Waals surface area (Å²) in [7, 11) is 0. The average molecular weight is 142 g/mol. The monoisotopic (exact) mass is 142 g/mol. The van der Waals surface area contributed by atoms with Gasteiger partial charge in [-0.3, -0.25) is 14.7 Å². The standard InChI is InChI=1S/C5H6N2OS/c8-4-3-9-5-6-1-2-7(4)5/h1-3H2. The van der Waals surface area contributed by atoms with E-state index in [4.69, 9.17) is 0 Å². The Morgan fingerprint density at radius 2 is 2.56 bits per heavy atom. The van der Waals surface area contributed by atoms with E-state index < -0.39 is 0 Å². The lowest BCUT2D eigenvalue weighted by atomic mass is 10.5. The number of rotatable bonds is 0. The van der Waals surface area contributed by atoms with Crippen LogP contribution in [0.15, 0.2) is 4.99 Å². The lowest BCUT2D eigenvalue weighted by Crippen LogP contribution is -2.26. The van der Waals surface area contributed by atoms with Crippen molar-refractivity contribution < 1.29 is 4.79 Å². The van der Waals surface area contributed by atoms with Gasteiger partial charge in [-0.15, -0.1) is 0 Å². The Morgan fingerprint density at radius 3 is 3.33 bits per heavy atom. The van der Waals surface area contributed by atoms with E-state index in [1.807, 2.05) is 0 Å². The minimum absolute atomic E-state index is 0.219. The minimum atomic E-state index is 0.219. The zero-order valence-electron chi connectivity index (χ0n) is 4.83. The predicted molar refractivity (Wildman–Crippen MR) is 36.5 cm³/mol. The van der Waals surface area contributed by atoms with Gasteiger partial charge in [-0.2, -0.15) is 0 Å². The Morgan fingerprint density at radius 1 is 1.67 bits per heavy atom. The summed E-state index contributed by atoms with van der Waals surface area (Å²) >= 11 is 1.55. The molecule has 0 atom stereocenters. The lowest BCUT2D eigenvalue weighted by molar-refractivity contribution is -0.123. The molecule has 2 heterocycles. The van der Waals surface area contributed by atoms with E-state index in [1.54, 1.807) is 16.7 Å². The third-order valence-electron chi connectivity index (χ3n) is 1.43. The highest BCUT2D eigenvalue weighted by molar-refractivity contribution is 8.15. The molecular weight excluding hydrogens is 136 g/mol. The van der Waals surface area contributed by atoms with Crippen molar-refractivity contribution in [2.75, 3.05) is 18.8 Å². The summed E-state index contributed by atoms with van der Waals surface area (Å²) in [6.45, 7) is 1.61. The van der Waals surface area contributed by atoms with Crippen LogP contribution in [0.2, 0.25) is 0 Å². The second-order valence-corrected chi connectivity index (χ2v) is 2.94. The van der Waals surface area contributed by atoms with Gasteiger partial charge >= 0.3 is 0 Å². The maximum atomic E-state index is 10.9.